The van der Waals surface area contributed by atoms with Crippen LogP contribution in [0.4, 0.5) is 14.5 Å². The van der Waals surface area contributed by atoms with Crippen LogP contribution in [0.1, 0.15) is 43.0 Å². The van der Waals surface area contributed by atoms with Crippen LogP contribution >= 0.6 is 11.6 Å². The normalized spacial score (nSPS) is 27.9. The van der Waals surface area contributed by atoms with E-state index in [1.54, 1.807) is 0 Å². The highest BCUT2D eigenvalue weighted by Crippen LogP contribution is 2.54. The highest BCUT2D eigenvalue weighted by atomic mass is 35.5. The van der Waals surface area contributed by atoms with Crippen LogP contribution < -0.4 is 5.32 Å². The molecular formula is C24H26ClF2NO6S. The van der Waals surface area contributed by atoms with Gasteiger partial charge < -0.3 is 20.6 Å². The van der Waals surface area contributed by atoms with E-state index in [-0.39, 0.29) is 34.0 Å². The van der Waals surface area contributed by atoms with Crippen molar-refractivity contribution in [2.75, 3.05) is 5.32 Å². The number of fused-ring (bicyclic) bond motifs is 2. The van der Waals surface area contributed by atoms with Crippen LogP contribution in [0.15, 0.2) is 41.3 Å². The topological polar surface area (TPSA) is 124 Å². The lowest BCUT2D eigenvalue weighted by atomic mass is 9.70. The quantitative estimate of drug-likeness (QED) is 0.455. The maximum atomic E-state index is 13.6. The smallest absolute Gasteiger partial charge is 0.255 e. The van der Waals surface area contributed by atoms with Crippen LogP contribution in [0.5, 0.6) is 0 Å². The summed E-state index contributed by atoms with van der Waals surface area (Å²) in [5.41, 5.74) is -1.62. The number of halogens is 3. The predicted molar refractivity (Wildman–Crippen MR) is 125 cm³/mol. The fraction of sp³-hybridized carbons (Fsp3) is 0.458. The van der Waals surface area contributed by atoms with Gasteiger partial charge >= 0.3 is 0 Å². The van der Waals surface area contributed by atoms with Crippen molar-refractivity contribution in [3.63, 3.8) is 0 Å². The molecule has 7 nitrogen and oxygen atoms in total. The lowest BCUT2D eigenvalue weighted by Crippen LogP contribution is -2.58. The molecule has 0 heterocycles. The van der Waals surface area contributed by atoms with E-state index in [1.807, 2.05) is 0 Å². The molecule has 190 valence electrons. The summed E-state index contributed by atoms with van der Waals surface area (Å²) in [6.07, 6.45) is -1.39. The second kappa shape index (κ2) is 9.40. The molecule has 1 amide bonds. The summed E-state index contributed by atoms with van der Waals surface area (Å²) >= 11 is 6.21. The van der Waals surface area contributed by atoms with Crippen LogP contribution in [-0.4, -0.2) is 52.7 Å². The summed E-state index contributed by atoms with van der Waals surface area (Å²) in [5, 5.41) is 32.9. The second-order valence-corrected chi connectivity index (χ2v) is 12.0. The number of aliphatic hydroxyl groups is 3. The number of anilines is 1. The van der Waals surface area contributed by atoms with Gasteiger partial charge in [0, 0.05) is 17.3 Å². The van der Waals surface area contributed by atoms with Gasteiger partial charge in [-0.25, -0.2) is 17.2 Å². The number of hydrogen-bond donors (Lipinski definition) is 4. The number of carbonyl (C=O) groups is 1. The summed E-state index contributed by atoms with van der Waals surface area (Å²) in [6, 6.07) is 6.57. The predicted octanol–water partition coefficient (Wildman–Crippen LogP) is 3.31. The Hall–Kier alpha value is -2.11. The number of aliphatic hydroxyl groups excluding tert-OH is 2. The van der Waals surface area contributed by atoms with E-state index >= 15 is 0 Å². The molecule has 0 aliphatic heterocycles. The minimum absolute atomic E-state index is 0.00642. The molecule has 2 aliphatic rings. The zero-order valence-electron chi connectivity index (χ0n) is 18.8. The fourth-order valence-corrected chi connectivity index (χ4v) is 7.89. The van der Waals surface area contributed by atoms with Crippen LogP contribution in [-0.2, 0) is 9.84 Å². The first-order valence-electron chi connectivity index (χ1n) is 11.2. The molecule has 35 heavy (non-hydrogen) atoms. The largest absolute Gasteiger partial charge is 0.391 e. The third kappa shape index (κ3) is 4.58. The summed E-state index contributed by atoms with van der Waals surface area (Å²) in [4.78, 5) is 12.4. The first kappa shape index (κ1) is 26.0. The molecule has 0 spiro atoms. The lowest BCUT2D eigenvalue weighted by molar-refractivity contribution is -0.172. The molecule has 0 aromatic heterocycles. The van der Waals surface area contributed by atoms with Crippen molar-refractivity contribution in [3.05, 3.63) is 58.6 Å². The third-order valence-electron chi connectivity index (χ3n) is 7.31. The molecular weight excluding hydrogens is 504 g/mol. The van der Waals surface area contributed by atoms with Gasteiger partial charge in [-0.3, -0.25) is 4.79 Å². The van der Waals surface area contributed by atoms with E-state index in [0.717, 1.165) is 18.2 Å². The first-order valence-corrected chi connectivity index (χ1v) is 13.2. The van der Waals surface area contributed by atoms with Crippen LogP contribution in [0.2, 0.25) is 5.02 Å². The molecule has 2 saturated carbocycles. The van der Waals surface area contributed by atoms with Gasteiger partial charge in [-0.05, 0) is 74.8 Å². The summed E-state index contributed by atoms with van der Waals surface area (Å²) in [5.74, 6) is -4.00. The Morgan fingerprint density at radius 3 is 2.29 bits per heavy atom. The number of nitrogens with one attached hydrogen (secondary N) is 1. The molecule has 2 fully saturated rings. The Morgan fingerprint density at radius 2 is 1.71 bits per heavy atom. The molecule has 4 N–H and O–H groups in total. The molecule has 0 saturated heterocycles. The van der Waals surface area contributed by atoms with Crippen molar-refractivity contribution in [2.45, 2.75) is 60.6 Å². The van der Waals surface area contributed by atoms with E-state index < -0.39 is 62.3 Å². The van der Waals surface area contributed by atoms with E-state index in [9.17, 15) is 37.3 Å². The van der Waals surface area contributed by atoms with Gasteiger partial charge in [-0.2, -0.15) is 0 Å². The lowest BCUT2D eigenvalue weighted by Gasteiger charge is -2.46. The van der Waals surface area contributed by atoms with E-state index in [4.69, 9.17) is 11.6 Å². The Kier molecular flexibility index (Phi) is 6.98. The fourth-order valence-electron chi connectivity index (χ4n) is 5.48. The van der Waals surface area contributed by atoms with E-state index in [1.165, 1.54) is 25.1 Å². The van der Waals surface area contributed by atoms with Gasteiger partial charge in [0.05, 0.1) is 26.9 Å². The zero-order chi connectivity index (χ0) is 25.7. The summed E-state index contributed by atoms with van der Waals surface area (Å²) < 4.78 is 53.7. The van der Waals surface area contributed by atoms with Gasteiger partial charge in [0.1, 0.15) is 6.10 Å². The van der Waals surface area contributed by atoms with E-state index in [2.05, 4.69) is 5.32 Å². The molecule has 2 bridgehead atoms. The first-order chi connectivity index (χ1) is 16.4. The molecule has 2 aliphatic carbocycles. The van der Waals surface area contributed by atoms with Crippen molar-refractivity contribution in [1.82, 2.24) is 0 Å². The number of benzene rings is 2. The van der Waals surface area contributed by atoms with Crippen LogP contribution in [0.3, 0.4) is 0 Å². The average molecular weight is 530 g/mol. The van der Waals surface area contributed by atoms with E-state index in [0.29, 0.717) is 12.8 Å². The van der Waals surface area contributed by atoms with Crippen molar-refractivity contribution >= 4 is 33.0 Å². The maximum Gasteiger partial charge on any atom is 0.255 e. The molecule has 4 rings (SSSR count). The van der Waals surface area contributed by atoms with Gasteiger partial charge in [0.2, 0.25) is 0 Å². The Morgan fingerprint density at radius 1 is 1.09 bits per heavy atom. The maximum absolute atomic E-state index is 13.6. The van der Waals surface area contributed by atoms with Crippen molar-refractivity contribution in [2.24, 2.45) is 11.8 Å². The summed E-state index contributed by atoms with van der Waals surface area (Å²) in [7, 11) is -4.03. The Bertz CT molecular complexity index is 1240. The average Bonchev–Trinajstić information content (AvgIpc) is 2.97. The highest BCUT2D eigenvalue weighted by molar-refractivity contribution is 7.92. The van der Waals surface area contributed by atoms with Crippen molar-refractivity contribution in [1.29, 1.82) is 0 Å². The van der Waals surface area contributed by atoms with Crippen LogP contribution in [0, 0.1) is 23.5 Å². The third-order valence-corrected chi connectivity index (χ3v) is 9.97. The number of carbonyl (C=O) groups excluding carboxylic acids is 1. The zero-order valence-corrected chi connectivity index (χ0v) is 20.4. The minimum atomic E-state index is -4.03. The van der Waals surface area contributed by atoms with Gasteiger partial charge in [-0.1, -0.05) is 11.6 Å². The molecule has 11 heteroatoms. The Labute approximate surface area is 206 Å². The number of sulfone groups is 1. The SMILES string of the molecule is C[C@@H](O)[C@@H](O)C1(O)[C@@H]2CC[C@H]1CC(S(=O)(=O)c1cc(C(=O)Nc3ccc(F)c(F)c3)ccc1Cl)C2. The number of rotatable bonds is 6. The number of amides is 1. The second-order valence-electron chi connectivity index (χ2n) is 9.41. The highest BCUT2D eigenvalue weighted by Gasteiger charge is 2.59. The van der Waals surface area contributed by atoms with Crippen LogP contribution in [0.25, 0.3) is 0 Å². The van der Waals surface area contributed by atoms with Gasteiger partial charge in [0.25, 0.3) is 5.91 Å². The standard InChI is InChI=1S/C24H26ClF2NO6S/c1-12(29)22(30)24(32)14-3-4-15(24)10-17(9-14)35(33,34)21-8-13(2-6-18(21)25)23(31)28-16-5-7-19(26)20(27)11-16/h2,5-8,11-12,14-15,17,22,29-30,32H,3-4,9-10H2,1H3,(H,28,31)/t12-,14-,15+,17?,22-,24?/m1/s1. The van der Waals surface area contributed by atoms with Gasteiger partial charge in [-0.15, -0.1) is 0 Å². The number of hydrogen-bond acceptors (Lipinski definition) is 6. The minimum Gasteiger partial charge on any atom is -0.391 e. The van der Waals surface area contributed by atoms with Crippen molar-refractivity contribution < 1.29 is 37.3 Å². The molecule has 2 unspecified atom stereocenters. The van der Waals surface area contributed by atoms with Crippen molar-refractivity contribution in [3.8, 4) is 0 Å². The molecule has 0 radical (unpaired) electrons. The molecule has 2 aromatic rings. The Balaban J connectivity index is 1.59. The summed E-state index contributed by atoms with van der Waals surface area (Å²) in [6.45, 7) is 1.38. The molecule has 2 aromatic carbocycles. The monoisotopic (exact) mass is 529 g/mol. The molecule has 6 atom stereocenters. The van der Waals surface area contributed by atoms with Gasteiger partial charge in [0.15, 0.2) is 21.5 Å².